The highest BCUT2D eigenvalue weighted by molar-refractivity contribution is 5.04. The zero-order valence-corrected chi connectivity index (χ0v) is 8.20. The highest BCUT2D eigenvalue weighted by atomic mass is 16.3. The highest BCUT2D eigenvalue weighted by Crippen LogP contribution is 2.09. The maximum Gasteiger partial charge on any atom is 0.0948 e. The van der Waals surface area contributed by atoms with Crippen LogP contribution in [0.3, 0.4) is 0 Å². The minimum atomic E-state index is -0.549. The molecule has 1 atom stereocenters. The van der Waals surface area contributed by atoms with Crippen LogP contribution in [0.2, 0.25) is 0 Å². The van der Waals surface area contributed by atoms with E-state index in [4.69, 9.17) is 10.8 Å². The molecule has 3 N–H and O–H groups in total. The van der Waals surface area contributed by atoms with E-state index in [1.807, 2.05) is 11.5 Å². The second kappa shape index (κ2) is 3.89. The zero-order chi connectivity index (χ0) is 9.90. The Morgan fingerprint density at radius 1 is 1.69 bits per heavy atom. The second-order valence-corrected chi connectivity index (χ2v) is 3.66. The molecule has 4 heteroatoms. The van der Waals surface area contributed by atoms with Crippen molar-refractivity contribution in [2.24, 2.45) is 5.73 Å². The van der Waals surface area contributed by atoms with E-state index in [-0.39, 0.29) is 6.61 Å². The molecular weight excluding hydrogens is 166 g/mol. The molecular formula is C9H17N3O. The Morgan fingerprint density at radius 2 is 2.38 bits per heavy atom. The molecule has 0 aliphatic rings. The van der Waals surface area contributed by atoms with Crippen molar-refractivity contribution in [2.75, 3.05) is 6.61 Å². The number of aromatic nitrogens is 2. The minimum Gasteiger partial charge on any atom is -0.394 e. The molecule has 0 radical (unpaired) electrons. The van der Waals surface area contributed by atoms with Gasteiger partial charge in [0.1, 0.15) is 0 Å². The van der Waals surface area contributed by atoms with Crippen molar-refractivity contribution in [1.29, 1.82) is 0 Å². The fourth-order valence-electron chi connectivity index (χ4n) is 1.25. The van der Waals surface area contributed by atoms with Crippen molar-refractivity contribution >= 4 is 0 Å². The SMILES string of the molecule is CCn1cncc1CC(C)(N)CO. The molecule has 1 rings (SSSR count). The van der Waals surface area contributed by atoms with E-state index in [2.05, 4.69) is 11.9 Å². The van der Waals surface area contributed by atoms with Gasteiger partial charge in [-0.15, -0.1) is 0 Å². The molecule has 1 unspecified atom stereocenters. The molecule has 0 amide bonds. The monoisotopic (exact) mass is 183 g/mol. The van der Waals surface area contributed by atoms with Gasteiger partial charge in [0.15, 0.2) is 0 Å². The lowest BCUT2D eigenvalue weighted by molar-refractivity contribution is 0.206. The van der Waals surface area contributed by atoms with Crippen LogP contribution in [0.15, 0.2) is 12.5 Å². The van der Waals surface area contributed by atoms with Crippen molar-refractivity contribution in [2.45, 2.75) is 32.4 Å². The lowest BCUT2D eigenvalue weighted by Gasteiger charge is -2.21. The Hall–Kier alpha value is -0.870. The quantitative estimate of drug-likeness (QED) is 0.698. The zero-order valence-electron chi connectivity index (χ0n) is 8.20. The maximum atomic E-state index is 9.00. The Morgan fingerprint density at radius 3 is 2.92 bits per heavy atom. The normalized spacial score (nSPS) is 15.7. The van der Waals surface area contributed by atoms with Crippen LogP contribution in [-0.4, -0.2) is 26.8 Å². The summed E-state index contributed by atoms with van der Waals surface area (Å²) >= 11 is 0. The Balaban J connectivity index is 2.73. The number of rotatable bonds is 4. The number of nitrogens with zero attached hydrogens (tertiary/aromatic N) is 2. The number of aliphatic hydroxyl groups is 1. The fraction of sp³-hybridized carbons (Fsp3) is 0.667. The van der Waals surface area contributed by atoms with Gasteiger partial charge >= 0.3 is 0 Å². The molecule has 0 spiro atoms. The van der Waals surface area contributed by atoms with Crippen LogP contribution in [0.4, 0.5) is 0 Å². The predicted octanol–water partition coefficient (Wildman–Crippen LogP) is 0.155. The first-order valence-corrected chi connectivity index (χ1v) is 4.48. The van der Waals surface area contributed by atoms with E-state index in [0.29, 0.717) is 6.42 Å². The van der Waals surface area contributed by atoms with Gasteiger partial charge in [0, 0.05) is 30.4 Å². The third-order valence-electron chi connectivity index (χ3n) is 2.09. The Labute approximate surface area is 78.4 Å². The summed E-state index contributed by atoms with van der Waals surface area (Å²) in [5.41, 5.74) is 6.36. The first-order chi connectivity index (χ1) is 6.09. The highest BCUT2D eigenvalue weighted by Gasteiger charge is 2.19. The van der Waals surface area contributed by atoms with E-state index in [1.54, 1.807) is 12.5 Å². The van der Waals surface area contributed by atoms with Crippen molar-refractivity contribution in [3.63, 3.8) is 0 Å². The van der Waals surface area contributed by atoms with Gasteiger partial charge in [0.05, 0.1) is 12.9 Å². The number of aliphatic hydroxyl groups excluding tert-OH is 1. The van der Waals surface area contributed by atoms with Crippen LogP contribution in [0.1, 0.15) is 19.5 Å². The predicted molar refractivity (Wildman–Crippen MR) is 51.3 cm³/mol. The Kier molecular flexibility index (Phi) is 3.06. The molecule has 1 heterocycles. The maximum absolute atomic E-state index is 9.00. The number of nitrogens with two attached hydrogens (primary N) is 1. The average Bonchev–Trinajstić information content (AvgIpc) is 2.51. The summed E-state index contributed by atoms with van der Waals surface area (Å²) in [6, 6.07) is 0. The number of hydrogen-bond acceptors (Lipinski definition) is 3. The molecule has 4 nitrogen and oxygen atoms in total. The van der Waals surface area contributed by atoms with Gasteiger partial charge < -0.3 is 15.4 Å². The summed E-state index contributed by atoms with van der Waals surface area (Å²) in [6.45, 7) is 4.76. The fourth-order valence-corrected chi connectivity index (χ4v) is 1.25. The summed E-state index contributed by atoms with van der Waals surface area (Å²) in [6.07, 6.45) is 4.23. The largest absolute Gasteiger partial charge is 0.394 e. The summed E-state index contributed by atoms with van der Waals surface area (Å²) < 4.78 is 2.03. The Bertz CT molecular complexity index is 268. The van der Waals surface area contributed by atoms with Crippen LogP contribution in [0, 0.1) is 0 Å². The molecule has 13 heavy (non-hydrogen) atoms. The molecule has 0 saturated heterocycles. The number of imidazole rings is 1. The van der Waals surface area contributed by atoms with Gasteiger partial charge in [-0.25, -0.2) is 4.98 Å². The van der Waals surface area contributed by atoms with Gasteiger partial charge in [-0.1, -0.05) is 0 Å². The van der Waals surface area contributed by atoms with Crippen LogP contribution in [0.25, 0.3) is 0 Å². The molecule has 0 fully saturated rings. The molecule has 0 aromatic carbocycles. The lowest BCUT2D eigenvalue weighted by atomic mass is 9.99. The molecule has 0 aliphatic carbocycles. The third kappa shape index (κ3) is 2.54. The molecule has 0 bridgehead atoms. The summed E-state index contributed by atoms with van der Waals surface area (Å²) in [5.74, 6) is 0. The van der Waals surface area contributed by atoms with Crippen LogP contribution in [-0.2, 0) is 13.0 Å². The average molecular weight is 183 g/mol. The third-order valence-corrected chi connectivity index (χ3v) is 2.09. The summed E-state index contributed by atoms with van der Waals surface area (Å²) in [5, 5.41) is 9.00. The van der Waals surface area contributed by atoms with Gasteiger partial charge in [0.2, 0.25) is 0 Å². The van der Waals surface area contributed by atoms with E-state index < -0.39 is 5.54 Å². The van der Waals surface area contributed by atoms with Crippen molar-refractivity contribution in [3.8, 4) is 0 Å². The van der Waals surface area contributed by atoms with Crippen LogP contribution >= 0.6 is 0 Å². The number of hydrogen-bond donors (Lipinski definition) is 2. The van der Waals surface area contributed by atoms with Crippen LogP contribution in [0.5, 0.6) is 0 Å². The number of aryl methyl sites for hydroxylation is 1. The lowest BCUT2D eigenvalue weighted by Crippen LogP contribution is -2.42. The van der Waals surface area contributed by atoms with Crippen molar-refractivity contribution < 1.29 is 5.11 Å². The standard InChI is InChI=1S/C9H17N3O/c1-3-12-7-11-5-8(12)4-9(2,10)6-13/h5,7,13H,3-4,6,10H2,1-2H3. The molecule has 1 aromatic rings. The molecule has 0 aliphatic heterocycles. The van der Waals surface area contributed by atoms with E-state index in [0.717, 1.165) is 12.2 Å². The smallest absolute Gasteiger partial charge is 0.0948 e. The van der Waals surface area contributed by atoms with Gasteiger partial charge in [-0.05, 0) is 13.8 Å². The second-order valence-electron chi connectivity index (χ2n) is 3.66. The van der Waals surface area contributed by atoms with Gasteiger partial charge in [0.25, 0.3) is 0 Å². The van der Waals surface area contributed by atoms with Crippen LogP contribution < -0.4 is 5.73 Å². The molecule has 0 saturated carbocycles. The minimum absolute atomic E-state index is 0.0120. The summed E-state index contributed by atoms with van der Waals surface area (Å²) in [4.78, 5) is 4.04. The van der Waals surface area contributed by atoms with Gasteiger partial charge in [-0.3, -0.25) is 0 Å². The summed E-state index contributed by atoms with van der Waals surface area (Å²) in [7, 11) is 0. The van der Waals surface area contributed by atoms with E-state index in [9.17, 15) is 0 Å². The first kappa shape index (κ1) is 10.2. The van der Waals surface area contributed by atoms with E-state index in [1.165, 1.54) is 0 Å². The van der Waals surface area contributed by atoms with Crippen molar-refractivity contribution in [3.05, 3.63) is 18.2 Å². The molecule has 1 aromatic heterocycles. The van der Waals surface area contributed by atoms with E-state index >= 15 is 0 Å². The first-order valence-electron chi connectivity index (χ1n) is 4.48. The molecule has 74 valence electrons. The van der Waals surface area contributed by atoms with Crippen molar-refractivity contribution in [1.82, 2.24) is 9.55 Å². The van der Waals surface area contributed by atoms with Gasteiger partial charge in [-0.2, -0.15) is 0 Å². The topological polar surface area (TPSA) is 64.1 Å².